The van der Waals surface area contributed by atoms with Crippen molar-refractivity contribution in [1.29, 1.82) is 0 Å². The molecule has 0 aromatic rings. The number of thioether (sulfide) groups is 2. The lowest BCUT2D eigenvalue weighted by Crippen LogP contribution is -1.77. The van der Waals surface area contributed by atoms with Crippen molar-refractivity contribution in [3.05, 3.63) is 9.81 Å². The molecule has 52 valence electrons. The van der Waals surface area contributed by atoms with E-state index in [1.807, 2.05) is 23.5 Å². The Kier molecular flexibility index (Phi) is 2.99. The summed E-state index contributed by atoms with van der Waals surface area (Å²) < 4.78 is 0. The molecular weight excluding hydrogens is 148 g/mol. The highest BCUT2D eigenvalue weighted by atomic mass is 32.2. The van der Waals surface area contributed by atoms with Crippen LogP contribution in [0.4, 0.5) is 0 Å². The first-order valence-corrected chi connectivity index (χ1v) is 5.21. The summed E-state index contributed by atoms with van der Waals surface area (Å²) in [6, 6.07) is 0. The molecule has 1 heterocycles. The van der Waals surface area contributed by atoms with Crippen LogP contribution >= 0.6 is 23.5 Å². The van der Waals surface area contributed by atoms with Crippen molar-refractivity contribution in [3.8, 4) is 0 Å². The molecule has 9 heavy (non-hydrogen) atoms. The molecule has 1 aliphatic rings. The maximum atomic E-state index is 2.22. The zero-order valence-electron chi connectivity index (χ0n) is 5.94. The number of rotatable bonds is 0. The quantitative estimate of drug-likeness (QED) is 0.534. The zero-order valence-corrected chi connectivity index (χ0v) is 7.57. The maximum Gasteiger partial charge on any atom is -0.00151 e. The Morgan fingerprint density at radius 1 is 1.00 bits per heavy atom. The number of hydrogen-bond acceptors (Lipinski definition) is 2. The Morgan fingerprint density at radius 2 is 1.44 bits per heavy atom. The fourth-order valence-corrected chi connectivity index (χ4v) is 2.85. The van der Waals surface area contributed by atoms with Gasteiger partial charge in [0.25, 0.3) is 0 Å². The van der Waals surface area contributed by atoms with Gasteiger partial charge in [-0.3, -0.25) is 0 Å². The van der Waals surface area contributed by atoms with Crippen molar-refractivity contribution in [2.24, 2.45) is 0 Å². The van der Waals surface area contributed by atoms with Crippen LogP contribution in [0.3, 0.4) is 0 Å². The van der Waals surface area contributed by atoms with Crippen LogP contribution in [0.2, 0.25) is 0 Å². The van der Waals surface area contributed by atoms with Gasteiger partial charge in [0, 0.05) is 0 Å². The van der Waals surface area contributed by atoms with E-state index < -0.39 is 0 Å². The van der Waals surface area contributed by atoms with Gasteiger partial charge in [-0.1, -0.05) is 0 Å². The molecule has 0 N–H and O–H groups in total. The Labute approximate surface area is 65.5 Å². The standard InChI is InChI=1S/C7H12S2/c1-6-7(2)9-5-3-4-8-6/h3-5H2,1-2H3. The molecule has 0 aromatic carbocycles. The van der Waals surface area contributed by atoms with E-state index in [0.717, 1.165) is 0 Å². The lowest BCUT2D eigenvalue weighted by molar-refractivity contribution is 1.13. The second-order valence-electron chi connectivity index (χ2n) is 2.16. The Morgan fingerprint density at radius 3 is 1.89 bits per heavy atom. The smallest absolute Gasteiger partial charge is 0.00151 e. The van der Waals surface area contributed by atoms with Crippen LogP contribution in [0.15, 0.2) is 9.81 Å². The monoisotopic (exact) mass is 160 g/mol. The average Bonchev–Trinajstić information content (AvgIpc) is 1.99. The average molecular weight is 160 g/mol. The van der Waals surface area contributed by atoms with Crippen LogP contribution in [0.25, 0.3) is 0 Å². The minimum Gasteiger partial charge on any atom is -0.130 e. The van der Waals surface area contributed by atoms with Crippen molar-refractivity contribution >= 4 is 23.5 Å². The van der Waals surface area contributed by atoms with Crippen LogP contribution in [-0.2, 0) is 0 Å². The molecule has 1 rings (SSSR count). The van der Waals surface area contributed by atoms with E-state index in [9.17, 15) is 0 Å². The molecule has 0 saturated carbocycles. The lowest BCUT2D eigenvalue weighted by Gasteiger charge is -1.98. The molecule has 1 aliphatic heterocycles. The van der Waals surface area contributed by atoms with Gasteiger partial charge in [0.1, 0.15) is 0 Å². The highest BCUT2D eigenvalue weighted by Crippen LogP contribution is 2.31. The topological polar surface area (TPSA) is 0 Å². The second kappa shape index (κ2) is 3.57. The van der Waals surface area contributed by atoms with Crippen LogP contribution in [0, 0.1) is 0 Å². The largest absolute Gasteiger partial charge is 0.130 e. The molecule has 0 spiro atoms. The Balaban J connectivity index is 2.55. The van der Waals surface area contributed by atoms with Crippen LogP contribution in [0.5, 0.6) is 0 Å². The number of hydrogen-bond donors (Lipinski definition) is 0. The molecule has 0 atom stereocenters. The van der Waals surface area contributed by atoms with Crippen molar-refractivity contribution in [1.82, 2.24) is 0 Å². The normalized spacial score (nSPS) is 22.0. The summed E-state index contributed by atoms with van der Waals surface area (Å²) in [5.41, 5.74) is 0. The van der Waals surface area contributed by atoms with E-state index in [-0.39, 0.29) is 0 Å². The third kappa shape index (κ3) is 2.26. The van der Waals surface area contributed by atoms with E-state index >= 15 is 0 Å². The molecule has 0 amide bonds. The van der Waals surface area contributed by atoms with Crippen molar-refractivity contribution in [2.75, 3.05) is 11.5 Å². The van der Waals surface area contributed by atoms with Gasteiger partial charge < -0.3 is 0 Å². The number of allylic oxidation sites excluding steroid dienone is 2. The molecule has 0 fully saturated rings. The fraction of sp³-hybridized carbons (Fsp3) is 0.714. The summed E-state index contributed by atoms with van der Waals surface area (Å²) in [6.45, 7) is 4.44. The van der Waals surface area contributed by atoms with Gasteiger partial charge in [-0.05, 0) is 41.6 Å². The first-order valence-electron chi connectivity index (χ1n) is 3.24. The van der Waals surface area contributed by atoms with Gasteiger partial charge in [-0.15, -0.1) is 23.5 Å². The minimum atomic E-state index is 1.32. The van der Waals surface area contributed by atoms with E-state index in [0.29, 0.717) is 0 Å². The first kappa shape index (κ1) is 7.55. The molecule has 0 aliphatic carbocycles. The van der Waals surface area contributed by atoms with E-state index in [4.69, 9.17) is 0 Å². The Bertz CT molecular complexity index is 113. The van der Waals surface area contributed by atoms with Gasteiger partial charge >= 0.3 is 0 Å². The summed E-state index contributed by atoms with van der Waals surface area (Å²) in [7, 11) is 0. The van der Waals surface area contributed by atoms with Gasteiger partial charge in [-0.2, -0.15) is 0 Å². The lowest BCUT2D eigenvalue weighted by atomic mass is 10.6. The molecular formula is C7H12S2. The zero-order chi connectivity index (χ0) is 6.69. The highest BCUT2D eigenvalue weighted by molar-refractivity contribution is 8.07. The highest BCUT2D eigenvalue weighted by Gasteiger charge is 2.03. The SMILES string of the molecule is CC1=C(C)SCCCS1. The summed E-state index contributed by atoms with van der Waals surface area (Å²) in [6.07, 6.45) is 1.37. The summed E-state index contributed by atoms with van der Waals surface area (Å²) in [5, 5.41) is 0. The van der Waals surface area contributed by atoms with Crippen molar-refractivity contribution < 1.29 is 0 Å². The van der Waals surface area contributed by atoms with E-state index in [1.165, 1.54) is 27.7 Å². The molecule has 0 nitrogen and oxygen atoms in total. The Hall–Kier alpha value is 0.440. The van der Waals surface area contributed by atoms with Crippen molar-refractivity contribution in [3.63, 3.8) is 0 Å². The predicted molar refractivity (Wildman–Crippen MR) is 47.9 cm³/mol. The van der Waals surface area contributed by atoms with Crippen LogP contribution in [0.1, 0.15) is 20.3 Å². The summed E-state index contributed by atoms with van der Waals surface area (Å²) in [5.74, 6) is 2.63. The molecule has 0 unspecified atom stereocenters. The van der Waals surface area contributed by atoms with Gasteiger partial charge in [0.2, 0.25) is 0 Å². The van der Waals surface area contributed by atoms with Crippen molar-refractivity contribution in [2.45, 2.75) is 20.3 Å². The van der Waals surface area contributed by atoms with E-state index in [2.05, 4.69) is 13.8 Å². The van der Waals surface area contributed by atoms with E-state index in [1.54, 1.807) is 0 Å². The third-order valence-corrected chi connectivity index (χ3v) is 4.01. The maximum absolute atomic E-state index is 2.22. The molecule has 0 saturated heterocycles. The molecule has 0 aromatic heterocycles. The predicted octanol–water partition coefficient (Wildman–Crippen LogP) is 3.11. The summed E-state index contributed by atoms with van der Waals surface area (Å²) >= 11 is 4.01. The molecule has 0 bridgehead atoms. The van der Waals surface area contributed by atoms with Crippen LogP contribution in [-0.4, -0.2) is 11.5 Å². The molecule has 0 radical (unpaired) electrons. The van der Waals surface area contributed by atoms with Crippen LogP contribution < -0.4 is 0 Å². The van der Waals surface area contributed by atoms with Gasteiger partial charge in [0.15, 0.2) is 0 Å². The molecule has 2 heteroatoms. The second-order valence-corrected chi connectivity index (χ2v) is 4.78. The van der Waals surface area contributed by atoms with Gasteiger partial charge in [-0.25, -0.2) is 0 Å². The summed E-state index contributed by atoms with van der Waals surface area (Å²) in [4.78, 5) is 3.05. The fourth-order valence-electron chi connectivity index (χ4n) is 0.713. The first-order chi connectivity index (χ1) is 4.30. The third-order valence-electron chi connectivity index (χ3n) is 1.42. The minimum absolute atomic E-state index is 1.32. The van der Waals surface area contributed by atoms with Gasteiger partial charge in [0.05, 0.1) is 0 Å².